The monoisotopic (exact) mass is 359 g/mol. The number of carbonyl (C=O) groups is 1. The van der Waals surface area contributed by atoms with Gasteiger partial charge in [-0.2, -0.15) is 0 Å². The molecular formula is C23H25N3O. The highest BCUT2D eigenvalue weighted by atomic mass is 16.1. The van der Waals surface area contributed by atoms with Crippen molar-refractivity contribution in [2.75, 3.05) is 19.6 Å². The normalized spacial score (nSPS) is 24.3. The molecule has 0 aliphatic carbocycles. The van der Waals surface area contributed by atoms with Crippen molar-refractivity contribution in [2.45, 2.75) is 25.8 Å². The van der Waals surface area contributed by atoms with Crippen molar-refractivity contribution >= 4 is 11.4 Å². The molecule has 138 valence electrons. The standard InChI is InChI=1S/C23H25N3O/c1-16-4-2-5-18(12-16)22-7-3-6-20-13-19(14-26(20)22)23(27)24-21-15-25-10-8-17(21)9-11-25/h2-7,12-14,17,21H,8-11,15H2,1H3,(H,24,27). The van der Waals surface area contributed by atoms with Gasteiger partial charge in [0, 0.05) is 24.3 Å². The Labute approximate surface area is 159 Å². The first-order valence-electron chi connectivity index (χ1n) is 9.89. The largest absolute Gasteiger partial charge is 0.348 e. The molecule has 3 aliphatic heterocycles. The molecule has 0 saturated carbocycles. The van der Waals surface area contributed by atoms with Gasteiger partial charge in [0.2, 0.25) is 0 Å². The summed E-state index contributed by atoms with van der Waals surface area (Å²) in [5.74, 6) is 0.687. The number of nitrogens with one attached hydrogen (secondary N) is 1. The van der Waals surface area contributed by atoms with Gasteiger partial charge >= 0.3 is 0 Å². The molecule has 5 heterocycles. The minimum atomic E-state index is 0.0487. The lowest BCUT2D eigenvalue weighted by atomic mass is 9.84. The molecule has 1 amide bonds. The number of rotatable bonds is 3. The summed E-state index contributed by atoms with van der Waals surface area (Å²) in [6.07, 6.45) is 4.39. The third-order valence-electron chi connectivity index (χ3n) is 6.18. The first kappa shape index (κ1) is 16.6. The molecule has 1 aromatic carbocycles. The van der Waals surface area contributed by atoms with Crippen LogP contribution in [0.25, 0.3) is 16.8 Å². The molecule has 1 unspecified atom stereocenters. The number of nitrogens with zero attached hydrogens (tertiary/aromatic N) is 2. The zero-order valence-corrected chi connectivity index (χ0v) is 15.7. The van der Waals surface area contributed by atoms with Crippen LogP contribution >= 0.6 is 0 Å². The number of aromatic nitrogens is 1. The van der Waals surface area contributed by atoms with E-state index in [1.165, 1.54) is 37.1 Å². The molecule has 0 spiro atoms. The van der Waals surface area contributed by atoms with Gasteiger partial charge in [0.25, 0.3) is 5.91 Å². The Balaban J connectivity index is 1.44. The van der Waals surface area contributed by atoms with E-state index in [2.05, 4.69) is 64.0 Å². The molecule has 3 fully saturated rings. The van der Waals surface area contributed by atoms with Crippen LogP contribution in [0.4, 0.5) is 0 Å². The number of amides is 1. The zero-order valence-electron chi connectivity index (χ0n) is 15.7. The van der Waals surface area contributed by atoms with Gasteiger partial charge in [0.15, 0.2) is 0 Å². The highest BCUT2D eigenvalue weighted by Crippen LogP contribution is 2.28. The summed E-state index contributed by atoms with van der Waals surface area (Å²) in [6.45, 7) is 5.48. The van der Waals surface area contributed by atoms with Crippen molar-refractivity contribution in [2.24, 2.45) is 5.92 Å². The van der Waals surface area contributed by atoms with Crippen molar-refractivity contribution < 1.29 is 4.79 Å². The molecule has 6 rings (SSSR count). The van der Waals surface area contributed by atoms with E-state index in [0.717, 1.165) is 23.3 Å². The van der Waals surface area contributed by atoms with Gasteiger partial charge in [0.05, 0.1) is 11.3 Å². The van der Waals surface area contributed by atoms with Crippen LogP contribution in [0.2, 0.25) is 0 Å². The van der Waals surface area contributed by atoms with Crippen LogP contribution in [0.5, 0.6) is 0 Å². The maximum absolute atomic E-state index is 12.9. The molecule has 4 nitrogen and oxygen atoms in total. The Morgan fingerprint density at radius 2 is 1.89 bits per heavy atom. The first-order valence-corrected chi connectivity index (χ1v) is 9.89. The van der Waals surface area contributed by atoms with Crippen LogP contribution in [0.1, 0.15) is 28.8 Å². The highest BCUT2D eigenvalue weighted by Gasteiger charge is 2.35. The number of aryl methyl sites for hydroxylation is 1. The highest BCUT2D eigenvalue weighted by molar-refractivity contribution is 5.96. The molecule has 0 radical (unpaired) electrons. The first-order chi connectivity index (χ1) is 13.2. The third-order valence-corrected chi connectivity index (χ3v) is 6.18. The summed E-state index contributed by atoms with van der Waals surface area (Å²) >= 11 is 0. The van der Waals surface area contributed by atoms with Crippen LogP contribution < -0.4 is 5.32 Å². The Bertz CT molecular complexity index is 998. The number of fused-ring (bicyclic) bond motifs is 4. The van der Waals surface area contributed by atoms with E-state index in [-0.39, 0.29) is 5.91 Å². The zero-order chi connectivity index (χ0) is 18.4. The fourth-order valence-corrected chi connectivity index (χ4v) is 4.68. The number of benzene rings is 1. The average molecular weight is 359 g/mol. The number of hydrogen-bond acceptors (Lipinski definition) is 2. The molecule has 27 heavy (non-hydrogen) atoms. The quantitative estimate of drug-likeness (QED) is 0.773. The van der Waals surface area contributed by atoms with Crippen molar-refractivity contribution in [3.63, 3.8) is 0 Å². The number of carbonyl (C=O) groups excluding carboxylic acids is 1. The van der Waals surface area contributed by atoms with E-state index in [9.17, 15) is 4.79 Å². The van der Waals surface area contributed by atoms with E-state index in [0.29, 0.717) is 12.0 Å². The minimum absolute atomic E-state index is 0.0487. The predicted molar refractivity (Wildman–Crippen MR) is 108 cm³/mol. The summed E-state index contributed by atoms with van der Waals surface area (Å²) in [4.78, 5) is 15.4. The van der Waals surface area contributed by atoms with E-state index in [1.807, 2.05) is 12.3 Å². The summed E-state index contributed by atoms with van der Waals surface area (Å²) < 4.78 is 2.13. The fourth-order valence-electron chi connectivity index (χ4n) is 4.68. The molecule has 2 aromatic heterocycles. The second-order valence-electron chi connectivity index (χ2n) is 8.02. The van der Waals surface area contributed by atoms with Crippen molar-refractivity contribution in [3.05, 3.63) is 65.9 Å². The summed E-state index contributed by atoms with van der Waals surface area (Å²) in [5.41, 5.74) is 5.30. The molecule has 3 saturated heterocycles. The van der Waals surface area contributed by atoms with Crippen LogP contribution in [0, 0.1) is 12.8 Å². The lowest BCUT2D eigenvalue weighted by Crippen LogP contribution is -2.57. The second kappa shape index (κ2) is 6.54. The van der Waals surface area contributed by atoms with Crippen LogP contribution in [0.15, 0.2) is 54.7 Å². The van der Waals surface area contributed by atoms with Gasteiger partial charge in [-0.3, -0.25) is 4.79 Å². The van der Waals surface area contributed by atoms with Gasteiger partial charge in [0.1, 0.15) is 0 Å². The van der Waals surface area contributed by atoms with E-state index in [1.54, 1.807) is 0 Å². The maximum atomic E-state index is 12.9. The van der Waals surface area contributed by atoms with E-state index >= 15 is 0 Å². The van der Waals surface area contributed by atoms with Crippen molar-refractivity contribution in [1.82, 2.24) is 14.6 Å². The molecule has 1 N–H and O–H groups in total. The fraction of sp³-hybridized carbons (Fsp3) is 0.348. The number of pyridine rings is 1. The molecule has 4 heteroatoms. The SMILES string of the molecule is Cc1cccc(-c2cccc3cc(C(=O)NC4CN5CCC4CC5)cn23)c1. The number of piperidine rings is 3. The van der Waals surface area contributed by atoms with Crippen molar-refractivity contribution in [1.29, 1.82) is 0 Å². The van der Waals surface area contributed by atoms with Gasteiger partial charge in [-0.25, -0.2) is 0 Å². The molecule has 2 bridgehead atoms. The van der Waals surface area contributed by atoms with Gasteiger partial charge in [-0.15, -0.1) is 0 Å². The van der Waals surface area contributed by atoms with E-state index < -0.39 is 0 Å². The molecule has 3 aromatic rings. The minimum Gasteiger partial charge on any atom is -0.348 e. The Kier molecular flexibility index (Phi) is 4.01. The smallest absolute Gasteiger partial charge is 0.253 e. The third kappa shape index (κ3) is 3.04. The average Bonchev–Trinajstić information content (AvgIpc) is 3.13. The summed E-state index contributed by atoms with van der Waals surface area (Å²) in [6, 6.07) is 17.0. The molecule has 3 aliphatic rings. The van der Waals surface area contributed by atoms with Crippen LogP contribution in [0.3, 0.4) is 0 Å². The van der Waals surface area contributed by atoms with Gasteiger partial charge in [-0.1, -0.05) is 29.8 Å². The lowest BCUT2D eigenvalue weighted by Gasteiger charge is -2.44. The maximum Gasteiger partial charge on any atom is 0.253 e. The summed E-state index contributed by atoms with van der Waals surface area (Å²) in [5, 5.41) is 3.30. The summed E-state index contributed by atoms with van der Waals surface area (Å²) in [7, 11) is 0. The van der Waals surface area contributed by atoms with Crippen LogP contribution in [-0.4, -0.2) is 40.9 Å². The van der Waals surface area contributed by atoms with Gasteiger partial charge in [-0.05, 0) is 68.6 Å². The number of hydrogen-bond donors (Lipinski definition) is 1. The second-order valence-corrected chi connectivity index (χ2v) is 8.02. The lowest BCUT2D eigenvalue weighted by molar-refractivity contribution is 0.0620. The van der Waals surface area contributed by atoms with Crippen molar-refractivity contribution in [3.8, 4) is 11.3 Å². The van der Waals surface area contributed by atoms with E-state index in [4.69, 9.17) is 0 Å². The van der Waals surface area contributed by atoms with Crippen LogP contribution in [-0.2, 0) is 0 Å². The predicted octanol–water partition coefficient (Wildman–Crippen LogP) is 3.74. The topological polar surface area (TPSA) is 36.8 Å². The Hall–Kier alpha value is -2.59. The Morgan fingerprint density at radius 1 is 1.07 bits per heavy atom. The molecule has 1 atom stereocenters. The molecular weight excluding hydrogens is 334 g/mol. The Morgan fingerprint density at radius 3 is 2.63 bits per heavy atom. The van der Waals surface area contributed by atoms with Gasteiger partial charge < -0.3 is 14.6 Å².